The Kier molecular flexibility index (Phi) is 4.52. The Balaban J connectivity index is 2.13. The highest BCUT2D eigenvalue weighted by atomic mass is 19.1. The van der Waals surface area contributed by atoms with E-state index in [9.17, 15) is 4.39 Å². The molecule has 1 aromatic rings. The Morgan fingerprint density at radius 1 is 1.44 bits per heavy atom. The van der Waals surface area contributed by atoms with E-state index < -0.39 is 0 Å². The van der Waals surface area contributed by atoms with Gasteiger partial charge in [-0.25, -0.2) is 4.39 Å². The molecule has 0 atom stereocenters. The number of unbranched alkanes of at least 4 members (excludes halogenated alkanes) is 2. The predicted octanol–water partition coefficient (Wildman–Crippen LogP) is 3.95. The lowest BCUT2D eigenvalue weighted by atomic mass is 10.1. The summed E-state index contributed by atoms with van der Waals surface area (Å²) in [6.45, 7) is 2.14. The number of aliphatic imine (C=N–C) groups is 1. The summed E-state index contributed by atoms with van der Waals surface area (Å²) in [4.78, 5) is 4.43. The SMILES string of the molecule is CCCCC#Cc1cc(F)ccc1C=NC1CC1. The van der Waals surface area contributed by atoms with Crippen molar-refractivity contribution in [2.24, 2.45) is 4.99 Å². The number of hydrogen-bond donors (Lipinski definition) is 0. The zero-order valence-corrected chi connectivity index (χ0v) is 10.7. The van der Waals surface area contributed by atoms with E-state index in [0.717, 1.165) is 30.4 Å². The average Bonchev–Trinajstić information content (AvgIpc) is 3.17. The molecule has 0 spiro atoms. The molecular formula is C16H18FN. The number of nitrogens with zero attached hydrogens (tertiary/aromatic N) is 1. The fourth-order valence-electron chi connectivity index (χ4n) is 1.58. The van der Waals surface area contributed by atoms with Crippen molar-refractivity contribution < 1.29 is 4.39 Å². The highest BCUT2D eigenvalue weighted by molar-refractivity contribution is 5.83. The van der Waals surface area contributed by atoms with E-state index in [2.05, 4.69) is 23.8 Å². The largest absolute Gasteiger partial charge is 0.289 e. The van der Waals surface area contributed by atoms with Gasteiger partial charge in [0.15, 0.2) is 0 Å². The van der Waals surface area contributed by atoms with Gasteiger partial charge in [-0.3, -0.25) is 4.99 Å². The minimum atomic E-state index is -0.238. The van der Waals surface area contributed by atoms with Crippen molar-refractivity contribution in [3.63, 3.8) is 0 Å². The minimum absolute atomic E-state index is 0.238. The molecule has 1 aromatic carbocycles. The number of halogens is 1. The van der Waals surface area contributed by atoms with Gasteiger partial charge in [-0.05, 0) is 37.5 Å². The second kappa shape index (κ2) is 6.35. The molecule has 0 aliphatic heterocycles. The molecule has 18 heavy (non-hydrogen) atoms. The molecule has 2 rings (SSSR count). The molecule has 0 bridgehead atoms. The van der Waals surface area contributed by atoms with Gasteiger partial charge in [0.05, 0.1) is 6.04 Å². The first-order valence-corrected chi connectivity index (χ1v) is 6.61. The Labute approximate surface area is 108 Å². The summed E-state index contributed by atoms with van der Waals surface area (Å²) >= 11 is 0. The van der Waals surface area contributed by atoms with Crippen molar-refractivity contribution in [3.8, 4) is 11.8 Å². The molecule has 0 saturated heterocycles. The summed E-state index contributed by atoms with van der Waals surface area (Å²) < 4.78 is 13.2. The van der Waals surface area contributed by atoms with Crippen LogP contribution >= 0.6 is 0 Å². The molecule has 0 unspecified atom stereocenters. The number of benzene rings is 1. The maximum absolute atomic E-state index is 13.2. The molecule has 0 aromatic heterocycles. The molecule has 0 N–H and O–H groups in total. The molecule has 2 heteroatoms. The maximum atomic E-state index is 13.2. The van der Waals surface area contributed by atoms with Crippen LogP contribution in [0.3, 0.4) is 0 Å². The Bertz CT molecular complexity index is 490. The van der Waals surface area contributed by atoms with Crippen molar-refractivity contribution in [1.29, 1.82) is 0 Å². The highest BCUT2D eigenvalue weighted by Gasteiger charge is 2.18. The lowest BCUT2D eigenvalue weighted by Gasteiger charge is -1.98. The standard InChI is InChI=1S/C16H18FN/c1-2-3-4-5-6-13-11-15(17)8-7-14(13)12-18-16-9-10-16/h7-8,11-12,16H,2-4,9-10H2,1H3. The maximum Gasteiger partial charge on any atom is 0.124 e. The van der Waals surface area contributed by atoms with Crippen LogP contribution in [0.25, 0.3) is 0 Å². The fraction of sp³-hybridized carbons (Fsp3) is 0.438. The van der Waals surface area contributed by atoms with Gasteiger partial charge in [0, 0.05) is 23.8 Å². The van der Waals surface area contributed by atoms with Crippen molar-refractivity contribution >= 4 is 6.21 Å². The zero-order chi connectivity index (χ0) is 12.8. The van der Waals surface area contributed by atoms with Gasteiger partial charge in [-0.2, -0.15) is 0 Å². The van der Waals surface area contributed by atoms with Gasteiger partial charge in [0.2, 0.25) is 0 Å². The third kappa shape index (κ3) is 4.00. The Morgan fingerprint density at radius 3 is 3.00 bits per heavy atom. The topological polar surface area (TPSA) is 12.4 Å². The van der Waals surface area contributed by atoms with Gasteiger partial charge < -0.3 is 0 Å². The summed E-state index contributed by atoms with van der Waals surface area (Å²) in [7, 11) is 0. The summed E-state index contributed by atoms with van der Waals surface area (Å²) in [6, 6.07) is 5.19. The summed E-state index contributed by atoms with van der Waals surface area (Å²) in [5, 5.41) is 0. The van der Waals surface area contributed by atoms with Crippen LogP contribution in [-0.4, -0.2) is 12.3 Å². The molecular weight excluding hydrogens is 225 g/mol. The lowest BCUT2D eigenvalue weighted by molar-refractivity contribution is 0.627. The molecule has 0 amide bonds. The van der Waals surface area contributed by atoms with E-state index >= 15 is 0 Å². The Morgan fingerprint density at radius 2 is 2.28 bits per heavy atom. The first-order valence-electron chi connectivity index (χ1n) is 6.61. The molecule has 0 radical (unpaired) electrons. The van der Waals surface area contributed by atoms with Crippen molar-refractivity contribution in [3.05, 3.63) is 35.1 Å². The van der Waals surface area contributed by atoms with Crippen LogP contribution in [0.5, 0.6) is 0 Å². The van der Waals surface area contributed by atoms with Crippen LogP contribution in [0.15, 0.2) is 23.2 Å². The van der Waals surface area contributed by atoms with Gasteiger partial charge in [-0.1, -0.05) is 25.2 Å². The number of rotatable bonds is 4. The van der Waals surface area contributed by atoms with E-state index in [0.29, 0.717) is 6.04 Å². The van der Waals surface area contributed by atoms with Crippen LogP contribution < -0.4 is 0 Å². The van der Waals surface area contributed by atoms with Crippen LogP contribution in [0, 0.1) is 17.7 Å². The fourth-order valence-corrected chi connectivity index (χ4v) is 1.58. The first kappa shape index (κ1) is 12.8. The van der Waals surface area contributed by atoms with Crippen LogP contribution in [0.1, 0.15) is 50.2 Å². The zero-order valence-electron chi connectivity index (χ0n) is 10.7. The van der Waals surface area contributed by atoms with Crippen LogP contribution in [0.4, 0.5) is 4.39 Å². The van der Waals surface area contributed by atoms with Crippen molar-refractivity contribution in [2.75, 3.05) is 0 Å². The predicted molar refractivity (Wildman–Crippen MR) is 73.4 cm³/mol. The highest BCUT2D eigenvalue weighted by Crippen LogP contribution is 2.23. The molecule has 1 aliphatic rings. The van der Waals surface area contributed by atoms with Gasteiger partial charge in [0.1, 0.15) is 5.82 Å². The summed E-state index contributed by atoms with van der Waals surface area (Å²) in [6.07, 6.45) is 7.28. The molecule has 1 nitrogen and oxygen atoms in total. The average molecular weight is 243 g/mol. The minimum Gasteiger partial charge on any atom is -0.289 e. The van der Waals surface area contributed by atoms with Crippen LogP contribution in [0.2, 0.25) is 0 Å². The van der Waals surface area contributed by atoms with E-state index in [1.54, 1.807) is 6.07 Å². The number of hydrogen-bond acceptors (Lipinski definition) is 1. The molecule has 1 aliphatic carbocycles. The second-order valence-corrected chi connectivity index (χ2v) is 4.65. The smallest absolute Gasteiger partial charge is 0.124 e. The normalized spacial score (nSPS) is 14.6. The summed E-state index contributed by atoms with van der Waals surface area (Å²) in [5.41, 5.74) is 1.67. The molecule has 1 fully saturated rings. The first-order chi connectivity index (χ1) is 8.79. The van der Waals surface area contributed by atoms with Crippen molar-refractivity contribution in [1.82, 2.24) is 0 Å². The molecule has 94 valence electrons. The summed E-state index contributed by atoms with van der Waals surface area (Å²) in [5.74, 6) is 5.91. The van der Waals surface area contributed by atoms with E-state index in [4.69, 9.17) is 0 Å². The molecule has 1 saturated carbocycles. The van der Waals surface area contributed by atoms with Gasteiger partial charge >= 0.3 is 0 Å². The monoisotopic (exact) mass is 243 g/mol. The lowest BCUT2D eigenvalue weighted by Crippen LogP contribution is -1.91. The third-order valence-corrected chi connectivity index (χ3v) is 2.87. The Hall–Kier alpha value is -1.62. The van der Waals surface area contributed by atoms with E-state index in [1.807, 2.05) is 6.21 Å². The third-order valence-electron chi connectivity index (χ3n) is 2.87. The van der Waals surface area contributed by atoms with Gasteiger partial charge in [-0.15, -0.1) is 0 Å². The molecule has 0 heterocycles. The van der Waals surface area contributed by atoms with Gasteiger partial charge in [0.25, 0.3) is 0 Å². The van der Waals surface area contributed by atoms with E-state index in [-0.39, 0.29) is 5.82 Å². The second-order valence-electron chi connectivity index (χ2n) is 4.65. The quantitative estimate of drug-likeness (QED) is 0.431. The van der Waals surface area contributed by atoms with E-state index in [1.165, 1.54) is 25.0 Å². The van der Waals surface area contributed by atoms with Crippen molar-refractivity contribution in [2.45, 2.75) is 45.1 Å². The van der Waals surface area contributed by atoms with Crippen LogP contribution in [-0.2, 0) is 0 Å².